The lowest BCUT2D eigenvalue weighted by molar-refractivity contribution is -0.137. The van der Waals surface area contributed by atoms with Gasteiger partial charge in [-0.05, 0) is 42.3 Å². The molecule has 0 unspecified atom stereocenters. The molecule has 0 aliphatic carbocycles. The number of aromatic nitrogens is 2. The number of hydrogen-bond donors (Lipinski definition) is 3. The van der Waals surface area contributed by atoms with Crippen LogP contribution < -0.4 is 20.3 Å². The van der Waals surface area contributed by atoms with Gasteiger partial charge in [-0.2, -0.15) is 18.2 Å². The summed E-state index contributed by atoms with van der Waals surface area (Å²) >= 11 is 6.15. The van der Waals surface area contributed by atoms with Crippen molar-refractivity contribution in [2.24, 2.45) is 0 Å². The van der Waals surface area contributed by atoms with E-state index in [4.69, 9.17) is 11.6 Å². The predicted octanol–water partition coefficient (Wildman–Crippen LogP) is 5.17. The second-order valence-corrected chi connectivity index (χ2v) is 10.6. The van der Waals surface area contributed by atoms with Crippen molar-refractivity contribution in [2.75, 3.05) is 33.6 Å². The Morgan fingerprint density at radius 3 is 2.46 bits per heavy atom. The number of aryl methyl sites for hydroxylation is 1. The molecule has 3 N–H and O–H groups in total. The van der Waals surface area contributed by atoms with Crippen molar-refractivity contribution in [1.82, 2.24) is 9.97 Å². The van der Waals surface area contributed by atoms with Gasteiger partial charge < -0.3 is 16.0 Å². The van der Waals surface area contributed by atoms with Crippen molar-refractivity contribution in [3.05, 3.63) is 64.3 Å². The van der Waals surface area contributed by atoms with Gasteiger partial charge in [-0.25, -0.2) is 13.4 Å². The molecule has 198 valence electrons. The number of carbonyl (C=O) groups is 1. The Bertz CT molecular complexity index is 1430. The molecule has 2 aromatic carbocycles. The number of amides is 1. The summed E-state index contributed by atoms with van der Waals surface area (Å²) in [7, 11) is -2.24. The first-order valence-corrected chi connectivity index (χ1v) is 12.9. The highest BCUT2D eigenvalue weighted by molar-refractivity contribution is 7.92. The zero-order chi connectivity index (χ0) is 27.5. The van der Waals surface area contributed by atoms with Crippen molar-refractivity contribution in [3.63, 3.8) is 0 Å². The zero-order valence-electron chi connectivity index (χ0n) is 20.2. The van der Waals surface area contributed by atoms with E-state index in [1.165, 1.54) is 26.1 Å². The lowest BCUT2D eigenvalue weighted by Crippen LogP contribution is -2.26. The number of benzene rings is 2. The number of nitrogens with one attached hydrogen (secondary N) is 3. The topological polar surface area (TPSA) is 116 Å². The van der Waals surface area contributed by atoms with E-state index in [1.54, 1.807) is 31.2 Å². The van der Waals surface area contributed by atoms with Gasteiger partial charge in [0.05, 0.1) is 22.7 Å². The molecule has 3 rings (SSSR count). The lowest BCUT2D eigenvalue weighted by atomic mass is 10.1. The molecule has 0 atom stereocenters. The Kier molecular flexibility index (Phi) is 8.18. The Hall–Kier alpha value is -3.58. The maximum Gasteiger partial charge on any atom is 0.421 e. The predicted molar refractivity (Wildman–Crippen MR) is 138 cm³/mol. The minimum absolute atomic E-state index is 0.142. The number of halogens is 4. The van der Waals surface area contributed by atoms with Crippen LogP contribution in [0.15, 0.2) is 42.6 Å². The number of alkyl halides is 3. The molecule has 37 heavy (non-hydrogen) atoms. The molecule has 3 aromatic rings. The van der Waals surface area contributed by atoms with Gasteiger partial charge in [0.25, 0.3) is 0 Å². The molecule has 0 saturated carbocycles. The summed E-state index contributed by atoms with van der Waals surface area (Å²) in [6, 6.07) is 9.51. The van der Waals surface area contributed by atoms with Gasteiger partial charge in [0, 0.05) is 32.4 Å². The summed E-state index contributed by atoms with van der Waals surface area (Å²) in [4.78, 5) is 19.0. The number of nitrogens with zero attached hydrogens (tertiary/aromatic N) is 3. The van der Waals surface area contributed by atoms with E-state index >= 15 is 0 Å². The van der Waals surface area contributed by atoms with Crippen LogP contribution in [0.3, 0.4) is 0 Å². The third kappa shape index (κ3) is 7.23. The third-order valence-electron chi connectivity index (χ3n) is 5.15. The SMILES string of the molecule is CC(=O)Nc1ccc(Nc2ncc(C(F)(F)F)c(NCc3ccc(C)cc3N(C)S(C)(=O)=O)n2)cc1Cl. The van der Waals surface area contributed by atoms with Gasteiger partial charge in [-0.15, -0.1) is 0 Å². The Morgan fingerprint density at radius 2 is 1.86 bits per heavy atom. The fraction of sp³-hybridized carbons (Fsp3) is 0.261. The van der Waals surface area contributed by atoms with Crippen LogP contribution in [-0.2, 0) is 27.5 Å². The highest BCUT2D eigenvalue weighted by Crippen LogP contribution is 2.35. The Balaban J connectivity index is 1.92. The summed E-state index contributed by atoms with van der Waals surface area (Å²) in [5.41, 5.74) is 1.19. The molecular formula is C23H24ClF3N6O3S. The van der Waals surface area contributed by atoms with Gasteiger partial charge >= 0.3 is 6.18 Å². The minimum atomic E-state index is -4.75. The molecule has 0 spiro atoms. The smallest absolute Gasteiger partial charge is 0.365 e. The Labute approximate surface area is 217 Å². The number of anilines is 5. The summed E-state index contributed by atoms with van der Waals surface area (Å²) in [5, 5.41) is 8.20. The van der Waals surface area contributed by atoms with Gasteiger partial charge in [0.15, 0.2) is 0 Å². The Morgan fingerprint density at radius 1 is 1.16 bits per heavy atom. The number of sulfonamides is 1. The second kappa shape index (κ2) is 10.8. The van der Waals surface area contributed by atoms with Crippen molar-refractivity contribution in [1.29, 1.82) is 0 Å². The second-order valence-electron chi connectivity index (χ2n) is 8.17. The molecule has 14 heteroatoms. The molecule has 0 aliphatic rings. The van der Waals surface area contributed by atoms with Crippen LogP contribution in [-0.4, -0.2) is 37.6 Å². The first-order chi connectivity index (χ1) is 17.1. The van der Waals surface area contributed by atoms with E-state index in [0.717, 1.165) is 16.1 Å². The van der Waals surface area contributed by atoms with Gasteiger partial charge in [-0.1, -0.05) is 23.7 Å². The lowest BCUT2D eigenvalue weighted by Gasteiger charge is -2.22. The average molecular weight is 557 g/mol. The number of hydrogen-bond acceptors (Lipinski definition) is 7. The summed E-state index contributed by atoms with van der Waals surface area (Å²) in [6.45, 7) is 2.95. The van der Waals surface area contributed by atoms with Crippen LogP contribution in [0, 0.1) is 6.92 Å². The fourth-order valence-corrected chi connectivity index (χ4v) is 4.03. The third-order valence-corrected chi connectivity index (χ3v) is 6.66. The van der Waals surface area contributed by atoms with E-state index in [-0.39, 0.29) is 23.4 Å². The van der Waals surface area contributed by atoms with Crippen molar-refractivity contribution < 1.29 is 26.4 Å². The largest absolute Gasteiger partial charge is 0.421 e. The molecule has 0 saturated heterocycles. The first kappa shape index (κ1) is 28.0. The quantitative estimate of drug-likeness (QED) is 0.350. The van der Waals surface area contributed by atoms with Crippen molar-refractivity contribution in [3.8, 4) is 0 Å². The fourth-order valence-electron chi connectivity index (χ4n) is 3.27. The minimum Gasteiger partial charge on any atom is -0.365 e. The highest BCUT2D eigenvalue weighted by Gasteiger charge is 2.35. The van der Waals surface area contributed by atoms with Gasteiger partial charge in [0.2, 0.25) is 21.9 Å². The van der Waals surface area contributed by atoms with Crippen LogP contribution in [0.5, 0.6) is 0 Å². The normalized spacial score (nSPS) is 11.7. The highest BCUT2D eigenvalue weighted by atomic mass is 35.5. The molecule has 0 fully saturated rings. The number of rotatable bonds is 8. The van der Waals surface area contributed by atoms with E-state index in [2.05, 4.69) is 25.9 Å². The van der Waals surface area contributed by atoms with Crippen molar-refractivity contribution >= 4 is 56.4 Å². The van der Waals surface area contributed by atoms with Crippen LogP contribution >= 0.6 is 11.6 Å². The van der Waals surface area contributed by atoms with Crippen LogP contribution in [0.4, 0.5) is 42.0 Å². The van der Waals surface area contributed by atoms with Crippen molar-refractivity contribution in [2.45, 2.75) is 26.6 Å². The van der Waals surface area contributed by atoms with E-state index in [9.17, 15) is 26.4 Å². The van der Waals surface area contributed by atoms with Gasteiger partial charge in [0.1, 0.15) is 11.4 Å². The van der Waals surface area contributed by atoms with E-state index in [0.29, 0.717) is 28.8 Å². The standard InChI is InChI=1S/C23H24ClF3N6O3S/c1-13-5-6-15(20(9-13)33(3)37(4,35)36)11-28-21-17(23(25,26)27)12-29-22(32-21)31-16-7-8-19(18(24)10-16)30-14(2)34/h5-10,12H,11H2,1-4H3,(H,30,34)(H2,28,29,31,32). The summed E-state index contributed by atoms with van der Waals surface area (Å²) in [6.07, 6.45) is -3.07. The van der Waals surface area contributed by atoms with Crippen LogP contribution in [0.1, 0.15) is 23.6 Å². The van der Waals surface area contributed by atoms with Crippen LogP contribution in [0.2, 0.25) is 5.02 Å². The number of carbonyl (C=O) groups excluding carboxylic acids is 1. The van der Waals surface area contributed by atoms with Crippen LogP contribution in [0.25, 0.3) is 0 Å². The van der Waals surface area contributed by atoms with Gasteiger partial charge in [-0.3, -0.25) is 9.10 Å². The maximum atomic E-state index is 13.7. The molecule has 9 nitrogen and oxygen atoms in total. The maximum absolute atomic E-state index is 13.7. The van der Waals surface area contributed by atoms with E-state index < -0.39 is 27.6 Å². The molecule has 0 radical (unpaired) electrons. The molecule has 0 bridgehead atoms. The molecule has 1 amide bonds. The first-order valence-electron chi connectivity index (χ1n) is 10.7. The molecule has 1 heterocycles. The zero-order valence-corrected chi connectivity index (χ0v) is 21.8. The molecular weight excluding hydrogens is 533 g/mol. The molecule has 1 aromatic heterocycles. The summed E-state index contributed by atoms with van der Waals surface area (Å²) in [5.74, 6) is -0.959. The molecule has 0 aliphatic heterocycles. The monoisotopic (exact) mass is 556 g/mol. The summed E-state index contributed by atoms with van der Waals surface area (Å²) < 4.78 is 66.2. The van der Waals surface area contributed by atoms with E-state index in [1.807, 2.05) is 0 Å². The average Bonchev–Trinajstić information content (AvgIpc) is 2.78.